The Morgan fingerprint density at radius 2 is 2.09 bits per heavy atom. The van der Waals surface area contributed by atoms with E-state index in [2.05, 4.69) is 4.43 Å². The highest BCUT2D eigenvalue weighted by atomic mass is 32.2. The second-order valence-corrected chi connectivity index (χ2v) is 3.76. The minimum atomic E-state index is -4.23. The van der Waals surface area contributed by atoms with Gasteiger partial charge in [0.2, 0.25) is 10.5 Å². The van der Waals surface area contributed by atoms with Crippen LogP contribution in [0.3, 0.4) is 0 Å². The number of hydrogen-bond donors (Lipinski definition) is 1. The number of hydrogen-bond acceptors (Lipinski definition) is 4. The Morgan fingerprint density at radius 1 is 1.64 bits per heavy atom. The van der Waals surface area contributed by atoms with Gasteiger partial charge in [-0.1, -0.05) is 0 Å². The molecule has 0 aliphatic carbocycles. The Morgan fingerprint density at radius 3 is 2.36 bits per heavy atom. The van der Waals surface area contributed by atoms with E-state index in [1.165, 1.54) is 0 Å². The summed E-state index contributed by atoms with van der Waals surface area (Å²) in [5.74, 6) is -0.758. The molecule has 0 fully saturated rings. The van der Waals surface area contributed by atoms with Crippen molar-refractivity contribution in [2.24, 2.45) is 0 Å². The lowest BCUT2D eigenvalue weighted by atomic mass is 10.5. The van der Waals surface area contributed by atoms with Crippen LogP contribution in [0, 0.1) is 0 Å². The molecule has 0 aliphatic rings. The standard InChI is InChI=1S/C4H8O5SSi/c1-3(10(6,7)8)2-4(5)9-11/h2H,1,11H3,(H,6,7,8)/b3-2-. The maximum atomic E-state index is 10.4. The Labute approximate surface area is 67.3 Å². The summed E-state index contributed by atoms with van der Waals surface area (Å²) < 4.78 is 33.1. The molecule has 64 valence electrons. The molecule has 7 heteroatoms. The zero-order chi connectivity index (χ0) is 9.07. The zero-order valence-corrected chi connectivity index (χ0v) is 8.88. The second kappa shape index (κ2) is 3.65. The van der Waals surface area contributed by atoms with E-state index in [4.69, 9.17) is 4.55 Å². The van der Waals surface area contributed by atoms with Gasteiger partial charge in [-0.25, -0.2) is 4.79 Å². The smallest absolute Gasteiger partial charge is 0.317 e. The number of rotatable bonds is 2. The van der Waals surface area contributed by atoms with Crippen LogP contribution >= 0.6 is 0 Å². The molecule has 0 radical (unpaired) electrons. The molecule has 0 unspecified atom stereocenters. The minimum Gasteiger partial charge on any atom is -0.526 e. The fourth-order valence-electron chi connectivity index (χ4n) is 0.299. The van der Waals surface area contributed by atoms with E-state index in [9.17, 15) is 13.2 Å². The predicted octanol–water partition coefficient (Wildman–Crippen LogP) is -1.40. The van der Waals surface area contributed by atoms with Crippen LogP contribution in [0.15, 0.2) is 11.0 Å². The van der Waals surface area contributed by atoms with Gasteiger partial charge < -0.3 is 4.43 Å². The maximum absolute atomic E-state index is 10.4. The fraction of sp³-hybridized carbons (Fsp3) is 0.250. The van der Waals surface area contributed by atoms with Crippen molar-refractivity contribution in [3.63, 3.8) is 0 Å². The van der Waals surface area contributed by atoms with E-state index in [-0.39, 0.29) is 10.5 Å². The van der Waals surface area contributed by atoms with Crippen LogP contribution in [0.2, 0.25) is 0 Å². The first-order valence-corrected chi connectivity index (χ1v) is 4.87. The van der Waals surface area contributed by atoms with Gasteiger partial charge in [0, 0.05) is 6.08 Å². The third-order valence-corrected chi connectivity index (χ3v) is 2.26. The third kappa shape index (κ3) is 3.91. The van der Waals surface area contributed by atoms with Gasteiger partial charge in [0.25, 0.3) is 10.1 Å². The molecule has 0 aromatic heterocycles. The van der Waals surface area contributed by atoms with Crippen molar-refractivity contribution in [1.82, 2.24) is 0 Å². The molecular formula is C4H8O5SSi. The molecular weight excluding hydrogens is 188 g/mol. The van der Waals surface area contributed by atoms with Crippen molar-refractivity contribution in [2.75, 3.05) is 0 Å². The quantitative estimate of drug-likeness (QED) is 0.334. The summed E-state index contributed by atoms with van der Waals surface area (Å²) in [6.45, 7) is 1.10. The van der Waals surface area contributed by atoms with Gasteiger partial charge in [0.1, 0.15) is 0 Å². The minimum absolute atomic E-state index is 0.195. The van der Waals surface area contributed by atoms with Gasteiger partial charge >= 0.3 is 5.97 Å². The van der Waals surface area contributed by atoms with Crippen LogP contribution < -0.4 is 0 Å². The molecule has 1 N–H and O–H groups in total. The van der Waals surface area contributed by atoms with Gasteiger partial charge in [0.15, 0.2) is 0 Å². The first-order chi connectivity index (χ1) is 4.88. The van der Waals surface area contributed by atoms with Crippen molar-refractivity contribution in [2.45, 2.75) is 6.92 Å². The van der Waals surface area contributed by atoms with Crippen LogP contribution in [0.1, 0.15) is 6.92 Å². The topological polar surface area (TPSA) is 80.7 Å². The largest absolute Gasteiger partial charge is 0.526 e. The van der Waals surface area contributed by atoms with Crippen molar-refractivity contribution < 1.29 is 22.2 Å². The summed E-state index contributed by atoms with van der Waals surface area (Å²) >= 11 is 0. The van der Waals surface area contributed by atoms with E-state index >= 15 is 0 Å². The lowest BCUT2D eigenvalue weighted by molar-refractivity contribution is -0.128. The molecule has 0 aromatic rings. The number of carbonyl (C=O) groups is 1. The molecule has 0 saturated heterocycles. The van der Waals surface area contributed by atoms with Gasteiger partial charge in [-0.3, -0.25) is 4.55 Å². The van der Waals surface area contributed by atoms with Crippen molar-refractivity contribution in [1.29, 1.82) is 0 Å². The highest BCUT2D eigenvalue weighted by Crippen LogP contribution is 2.01. The normalized spacial score (nSPS) is 13.1. The monoisotopic (exact) mass is 196 g/mol. The fourth-order valence-corrected chi connectivity index (χ4v) is 0.662. The van der Waals surface area contributed by atoms with Gasteiger partial charge in [-0.2, -0.15) is 8.42 Å². The van der Waals surface area contributed by atoms with Crippen molar-refractivity contribution >= 4 is 26.6 Å². The maximum Gasteiger partial charge on any atom is 0.317 e. The molecule has 0 heterocycles. The summed E-state index contributed by atoms with van der Waals surface area (Å²) in [5.41, 5.74) is 0. The average Bonchev–Trinajstić information content (AvgIpc) is 1.85. The summed E-state index contributed by atoms with van der Waals surface area (Å²) in [4.78, 5) is 10.0. The van der Waals surface area contributed by atoms with Crippen LogP contribution in [-0.2, 0) is 19.3 Å². The second-order valence-electron chi connectivity index (χ2n) is 1.75. The molecule has 0 rings (SSSR count). The molecule has 0 saturated carbocycles. The lowest BCUT2D eigenvalue weighted by Gasteiger charge is -1.94. The van der Waals surface area contributed by atoms with E-state index in [0.717, 1.165) is 13.0 Å². The molecule has 0 aliphatic heterocycles. The molecule has 11 heavy (non-hydrogen) atoms. The SMILES string of the molecule is C/C(=C/C(=O)O[SiH3])S(=O)(=O)O. The first kappa shape index (κ1) is 10.3. The van der Waals surface area contributed by atoms with Crippen LogP contribution in [0.25, 0.3) is 0 Å². The highest BCUT2D eigenvalue weighted by molar-refractivity contribution is 7.89. The van der Waals surface area contributed by atoms with E-state index in [1.807, 2.05) is 0 Å². The first-order valence-electron chi connectivity index (χ1n) is 2.61. The number of carbonyl (C=O) groups excluding carboxylic acids is 1. The molecule has 0 amide bonds. The Bertz CT molecular complexity index is 277. The molecule has 5 nitrogen and oxygen atoms in total. The predicted molar refractivity (Wildman–Crippen MR) is 41.3 cm³/mol. The van der Waals surface area contributed by atoms with Crippen molar-refractivity contribution in [3.05, 3.63) is 11.0 Å². The van der Waals surface area contributed by atoms with Crippen LogP contribution in [0.4, 0.5) is 0 Å². The number of allylic oxidation sites excluding steroid dienone is 1. The lowest BCUT2D eigenvalue weighted by Crippen LogP contribution is -2.03. The summed E-state index contributed by atoms with van der Waals surface area (Å²) in [5, 5.41) is 0. The molecule has 0 atom stereocenters. The van der Waals surface area contributed by atoms with E-state index in [1.54, 1.807) is 0 Å². The molecule has 0 spiro atoms. The highest BCUT2D eigenvalue weighted by Gasteiger charge is 2.09. The van der Waals surface area contributed by atoms with E-state index in [0.29, 0.717) is 0 Å². The van der Waals surface area contributed by atoms with Gasteiger partial charge in [-0.15, -0.1) is 0 Å². The summed E-state index contributed by atoms with van der Waals surface area (Å²) in [6.07, 6.45) is 0.725. The summed E-state index contributed by atoms with van der Waals surface area (Å²) in [6, 6.07) is 0. The molecule has 0 aromatic carbocycles. The van der Waals surface area contributed by atoms with Crippen molar-refractivity contribution in [3.8, 4) is 0 Å². The van der Waals surface area contributed by atoms with Gasteiger partial charge in [-0.05, 0) is 6.92 Å². The average molecular weight is 196 g/mol. The zero-order valence-electron chi connectivity index (χ0n) is 6.07. The van der Waals surface area contributed by atoms with Crippen LogP contribution in [-0.4, -0.2) is 29.4 Å². The third-order valence-electron chi connectivity index (χ3n) is 0.929. The summed E-state index contributed by atoms with van der Waals surface area (Å²) in [7, 11) is -4.04. The Hall–Kier alpha value is -0.663. The Kier molecular flexibility index (Phi) is 3.43. The van der Waals surface area contributed by atoms with Gasteiger partial charge in [0.05, 0.1) is 4.91 Å². The van der Waals surface area contributed by atoms with Crippen LogP contribution in [0.5, 0.6) is 0 Å². The molecule has 0 bridgehead atoms. The Balaban J connectivity index is 4.62. The van der Waals surface area contributed by atoms with E-state index < -0.39 is 21.0 Å².